The molecule has 2 aromatic carbocycles. The van der Waals surface area contributed by atoms with Crippen LogP contribution in [0.3, 0.4) is 0 Å². The molecule has 0 unspecified atom stereocenters. The number of hydrogen-bond donors (Lipinski definition) is 1. The highest BCUT2D eigenvalue weighted by molar-refractivity contribution is 5.99. The summed E-state index contributed by atoms with van der Waals surface area (Å²) in [5.74, 6) is 0.234. The van der Waals surface area contributed by atoms with Gasteiger partial charge in [0.1, 0.15) is 17.2 Å². The van der Waals surface area contributed by atoms with Crippen molar-refractivity contribution >= 4 is 22.8 Å². The first kappa shape index (κ1) is 22.2. The minimum Gasteiger partial charge on any atom is -0.439 e. The molecule has 5 rings (SSSR count). The number of nitrogens with zero attached hydrogens (tertiary/aromatic N) is 3. The fourth-order valence-electron chi connectivity index (χ4n) is 5.54. The Kier molecular flexibility index (Phi) is 6.09. The van der Waals surface area contributed by atoms with Gasteiger partial charge in [0.25, 0.3) is 0 Å². The van der Waals surface area contributed by atoms with E-state index in [1.54, 1.807) is 0 Å². The van der Waals surface area contributed by atoms with Gasteiger partial charge in [-0.15, -0.1) is 0 Å². The van der Waals surface area contributed by atoms with Crippen LogP contribution in [0.25, 0.3) is 11.0 Å². The topological polar surface area (TPSA) is 93.1 Å². The minimum atomic E-state index is -0.450. The van der Waals surface area contributed by atoms with Gasteiger partial charge in [0.15, 0.2) is 0 Å². The predicted molar refractivity (Wildman–Crippen MR) is 130 cm³/mol. The Morgan fingerprint density at radius 3 is 2.68 bits per heavy atom. The lowest BCUT2D eigenvalue weighted by molar-refractivity contribution is -0.128. The van der Waals surface area contributed by atoms with Gasteiger partial charge < -0.3 is 4.42 Å². The van der Waals surface area contributed by atoms with E-state index in [2.05, 4.69) is 28.4 Å². The second-order valence-electron chi connectivity index (χ2n) is 9.58. The molecule has 0 saturated heterocycles. The summed E-state index contributed by atoms with van der Waals surface area (Å²) in [6.07, 6.45) is 6.66. The van der Waals surface area contributed by atoms with Gasteiger partial charge in [-0.25, -0.2) is 0 Å². The summed E-state index contributed by atoms with van der Waals surface area (Å²) in [7, 11) is 0. The van der Waals surface area contributed by atoms with E-state index in [0.29, 0.717) is 16.7 Å². The number of para-hydroxylation sites is 1. The summed E-state index contributed by atoms with van der Waals surface area (Å²) in [6, 6.07) is 17.8. The van der Waals surface area contributed by atoms with Gasteiger partial charge in [-0.3, -0.25) is 15.0 Å². The van der Waals surface area contributed by atoms with E-state index in [-0.39, 0.29) is 11.8 Å². The zero-order valence-electron chi connectivity index (χ0n) is 19.3. The molecule has 1 aromatic heterocycles. The first-order valence-electron chi connectivity index (χ1n) is 12.1. The second kappa shape index (κ2) is 9.33. The number of rotatable bonds is 5. The summed E-state index contributed by atoms with van der Waals surface area (Å²) < 4.78 is 5.86. The highest BCUT2D eigenvalue weighted by atomic mass is 16.4. The van der Waals surface area contributed by atoms with Gasteiger partial charge in [0, 0.05) is 18.5 Å². The largest absolute Gasteiger partial charge is 0.439 e. The number of carbonyl (C=O) groups is 1. The number of amides is 1. The molecule has 0 spiro atoms. The van der Waals surface area contributed by atoms with Gasteiger partial charge in [-0.2, -0.15) is 10.5 Å². The third-order valence-corrected chi connectivity index (χ3v) is 7.56. The molecule has 172 valence electrons. The van der Waals surface area contributed by atoms with Crippen LogP contribution in [0.4, 0.5) is 5.88 Å². The van der Waals surface area contributed by atoms with E-state index in [1.807, 2.05) is 36.4 Å². The van der Waals surface area contributed by atoms with Crippen molar-refractivity contribution in [3.63, 3.8) is 0 Å². The molecule has 3 aromatic rings. The van der Waals surface area contributed by atoms with E-state index >= 15 is 0 Å². The third-order valence-electron chi connectivity index (χ3n) is 7.56. The number of fused-ring (bicyclic) bond motifs is 2. The predicted octanol–water partition coefficient (Wildman–Crippen LogP) is 5.51. The molecule has 0 radical (unpaired) electrons. The maximum absolute atomic E-state index is 13.6. The first-order valence-corrected chi connectivity index (χ1v) is 12.1. The van der Waals surface area contributed by atoms with Crippen LogP contribution in [0.1, 0.15) is 60.8 Å². The summed E-state index contributed by atoms with van der Waals surface area (Å²) >= 11 is 0. The van der Waals surface area contributed by atoms with E-state index in [1.165, 1.54) is 11.1 Å². The van der Waals surface area contributed by atoms with Crippen LogP contribution in [-0.4, -0.2) is 23.9 Å². The Morgan fingerprint density at radius 2 is 1.88 bits per heavy atom. The lowest BCUT2D eigenvalue weighted by atomic mass is 9.71. The number of nitriles is 2. The molecule has 1 amide bonds. The van der Waals surface area contributed by atoms with Gasteiger partial charge in [-0.05, 0) is 67.6 Å². The monoisotopic (exact) mass is 452 g/mol. The summed E-state index contributed by atoms with van der Waals surface area (Å²) in [6.45, 7) is 2.63. The Hall–Kier alpha value is -3.61. The molecule has 2 heterocycles. The molecular formula is C28H28N4O2. The van der Waals surface area contributed by atoms with Crippen molar-refractivity contribution < 1.29 is 9.21 Å². The van der Waals surface area contributed by atoms with E-state index in [9.17, 15) is 10.1 Å². The fraction of sp³-hybridized carbons (Fsp3) is 0.393. The molecule has 1 N–H and O–H groups in total. The summed E-state index contributed by atoms with van der Waals surface area (Å²) in [4.78, 5) is 16.1. The van der Waals surface area contributed by atoms with Crippen molar-refractivity contribution in [2.24, 2.45) is 5.41 Å². The summed E-state index contributed by atoms with van der Waals surface area (Å²) in [5.41, 5.74) is 3.79. The second-order valence-corrected chi connectivity index (χ2v) is 9.58. The van der Waals surface area contributed by atoms with Crippen molar-refractivity contribution in [2.75, 3.05) is 18.4 Å². The van der Waals surface area contributed by atoms with Crippen LogP contribution >= 0.6 is 0 Å². The molecular weight excluding hydrogens is 424 g/mol. The lowest BCUT2D eigenvalue weighted by Crippen LogP contribution is -2.42. The Balaban J connectivity index is 1.32. The third kappa shape index (κ3) is 4.18. The van der Waals surface area contributed by atoms with Gasteiger partial charge in [0.05, 0.1) is 17.0 Å². The molecule has 1 saturated carbocycles. The van der Waals surface area contributed by atoms with Crippen LogP contribution < -0.4 is 5.32 Å². The van der Waals surface area contributed by atoms with E-state index in [0.717, 1.165) is 70.0 Å². The Labute approximate surface area is 199 Å². The zero-order chi connectivity index (χ0) is 23.5. The Morgan fingerprint density at radius 1 is 1.06 bits per heavy atom. The lowest BCUT2D eigenvalue weighted by Gasteiger charge is -2.38. The standard InChI is InChI=1S/C28H28N4O2/c29-17-20-8-9-22-19-32(14-10-21(22)16-20)15-13-28(11-4-1-5-12-28)27(33)31-26-24(18-30)23-6-2-3-7-25(23)34-26/h2-3,6-9,16H,1,4-5,10-15,19H2,(H,31,33). The molecule has 34 heavy (non-hydrogen) atoms. The smallest absolute Gasteiger partial charge is 0.232 e. The Bertz CT molecular complexity index is 1300. The summed E-state index contributed by atoms with van der Waals surface area (Å²) in [5, 5.41) is 22.6. The SMILES string of the molecule is N#Cc1ccc2c(c1)CCN(CCC1(C(=O)Nc3oc4ccccc4c3C#N)CCCCC1)C2. The molecule has 1 fully saturated rings. The van der Waals surface area contributed by atoms with Crippen LogP contribution in [0.2, 0.25) is 0 Å². The van der Waals surface area contributed by atoms with Crippen molar-refractivity contribution in [3.8, 4) is 12.1 Å². The van der Waals surface area contributed by atoms with E-state index < -0.39 is 5.41 Å². The molecule has 1 aliphatic heterocycles. The van der Waals surface area contributed by atoms with Crippen molar-refractivity contribution in [2.45, 2.75) is 51.5 Å². The van der Waals surface area contributed by atoms with Crippen molar-refractivity contribution in [1.29, 1.82) is 10.5 Å². The number of nitrogens with one attached hydrogen (secondary N) is 1. The minimum absolute atomic E-state index is 0.0289. The average Bonchev–Trinajstić information content (AvgIpc) is 3.24. The first-order chi connectivity index (χ1) is 16.6. The maximum Gasteiger partial charge on any atom is 0.232 e. The van der Waals surface area contributed by atoms with Crippen LogP contribution in [-0.2, 0) is 17.8 Å². The van der Waals surface area contributed by atoms with E-state index in [4.69, 9.17) is 9.68 Å². The van der Waals surface area contributed by atoms with Crippen LogP contribution in [0.15, 0.2) is 46.9 Å². The quantitative estimate of drug-likeness (QED) is 0.551. The normalized spacial score (nSPS) is 17.5. The molecule has 0 bridgehead atoms. The average molecular weight is 453 g/mol. The van der Waals surface area contributed by atoms with Crippen LogP contribution in [0, 0.1) is 28.1 Å². The number of anilines is 1. The van der Waals surface area contributed by atoms with Crippen molar-refractivity contribution in [1.82, 2.24) is 4.90 Å². The van der Waals surface area contributed by atoms with Gasteiger partial charge >= 0.3 is 0 Å². The fourth-order valence-corrected chi connectivity index (χ4v) is 5.54. The molecule has 2 aliphatic rings. The zero-order valence-corrected chi connectivity index (χ0v) is 19.3. The van der Waals surface area contributed by atoms with Gasteiger partial charge in [-0.1, -0.05) is 37.5 Å². The molecule has 0 atom stereocenters. The number of hydrogen-bond acceptors (Lipinski definition) is 5. The molecule has 6 nitrogen and oxygen atoms in total. The van der Waals surface area contributed by atoms with Crippen LogP contribution in [0.5, 0.6) is 0 Å². The van der Waals surface area contributed by atoms with Gasteiger partial charge in [0.2, 0.25) is 11.8 Å². The highest BCUT2D eigenvalue weighted by Gasteiger charge is 2.40. The van der Waals surface area contributed by atoms with Crippen molar-refractivity contribution in [3.05, 3.63) is 64.7 Å². The molecule has 6 heteroatoms. The number of benzene rings is 2. The molecule has 1 aliphatic carbocycles. The number of furan rings is 1. The highest BCUT2D eigenvalue weighted by Crippen LogP contribution is 2.42. The number of carbonyl (C=O) groups excluding carboxylic acids is 1. The maximum atomic E-state index is 13.6.